The summed E-state index contributed by atoms with van der Waals surface area (Å²) < 4.78 is 1.77. The number of hydrogen-bond donors (Lipinski definition) is 1. The molecule has 1 amide bonds. The maximum atomic E-state index is 12.7. The number of nitrogens with one attached hydrogen (secondary N) is 1. The number of nitrogens with zero attached hydrogens (tertiary/aromatic N) is 4. The minimum Gasteiger partial charge on any atom is -0.858 e. The lowest BCUT2D eigenvalue weighted by atomic mass is 9.85. The highest BCUT2D eigenvalue weighted by Gasteiger charge is 2.29. The molecule has 2 aliphatic carbocycles. The Hall–Kier alpha value is -2.70. The Bertz CT molecular complexity index is 877. The van der Waals surface area contributed by atoms with E-state index in [-0.39, 0.29) is 17.8 Å². The van der Waals surface area contributed by atoms with Crippen LogP contribution in [0.5, 0.6) is 0 Å². The van der Waals surface area contributed by atoms with Gasteiger partial charge in [-0.15, -0.1) is 5.10 Å². The monoisotopic (exact) mass is 394 g/mol. The SMILES string of the molecule is CCN=C([O-])c1ccc(-n2nnc(C(=O)NC3CC3)c2CC2CCCCC2)cc1. The third kappa shape index (κ3) is 4.66. The second-order valence-corrected chi connectivity index (χ2v) is 8.08. The van der Waals surface area contributed by atoms with E-state index in [1.54, 1.807) is 16.8 Å². The fourth-order valence-electron chi connectivity index (χ4n) is 3.99. The zero-order valence-electron chi connectivity index (χ0n) is 16.9. The number of aliphatic imine (C=N–C) groups is 1. The lowest BCUT2D eigenvalue weighted by Gasteiger charge is -2.22. The number of carbonyl (C=O) groups excluding carboxylic acids is 1. The molecule has 0 bridgehead atoms. The highest BCUT2D eigenvalue weighted by Crippen LogP contribution is 2.29. The number of benzene rings is 1. The quantitative estimate of drug-likeness (QED) is 0.576. The van der Waals surface area contributed by atoms with E-state index in [1.807, 2.05) is 19.1 Å². The predicted molar refractivity (Wildman–Crippen MR) is 109 cm³/mol. The molecule has 154 valence electrons. The summed E-state index contributed by atoms with van der Waals surface area (Å²) in [5, 5.41) is 23.6. The fourth-order valence-corrected chi connectivity index (χ4v) is 3.99. The van der Waals surface area contributed by atoms with E-state index in [0.29, 0.717) is 23.7 Å². The first-order valence-corrected chi connectivity index (χ1v) is 10.7. The summed E-state index contributed by atoms with van der Waals surface area (Å²) in [4.78, 5) is 16.7. The predicted octanol–water partition coefficient (Wildman–Crippen LogP) is 2.41. The van der Waals surface area contributed by atoms with Crippen LogP contribution in [0.25, 0.3) is 5.69 Å². The molecule has 7 nitrogen and oxygen atoms in total. The molecule has 1 heterocycles. The molecule has 2 aliphatic rings. The molecular weight excluding hydrogens is 366 g/mol. The topological polar surface area (TPSA) is 95.2 Å². The van der Waals surface area contributed by atoms with Crippen LogP contribution in [-0.4, -0.2) is 39.4 Å². The summed E-state index contributed by atoms with van der Waals surface area (Å²) in [5.74, 6) is 0.209. The molecule has 0 spiro atoms. The van der Waals surface area contributed by atoms with Crippen molar-refractivity contribution < 1.29 is 9.90 Å². The Morgan fingerprint density at radius 2 is 1.90 bits per heavy atom. The van der Waals surface area contributed by atoms with E-state index in [4.69, 9.17) is 0 Å². The maximum absolute atomic E-state index is 12.7. The normalized spacial score (nSPS) is 18.0. The van der Waals surface area contributed by atoms with Gasteiger partial charge in [-0.3, -0.25) is 4.79 Å². The van der Waals surface area contributed by atoms with E-state index in [9.17, 15) is 9.90 Å². The standard InChI is InChI=1S/C22H29N5O2/c1-2-23-21(28)16-8-12-18(13-9-16)27-19(14-15-6-4-3-5-7-15)20(25-26-27)22(29)24-17-10-11-17/h8-9,12-13,15,17H,2-7,10-11,14H2,1H3,(H,23,28)(H,24,29)/p-1. The van der Waals surface area contributed by atoms with Crippen LogP contribution in [0.4, 0.5) is 0 Å². The third-order valence-electron chi connectivity index (χ3n) is 5.76. The van der Waals surface area contributed by atoms with Crippen LogP contribution in [0.1, 0.15) is 73.6 Å². The van der Waals surface area contributed by atoms with Crippen molar-refractivity contribution in [2.24, 2.45) is 10.9 Å². The summed E-state index contributed by atoms with van der Waals surface area (Å²) in [6, 6.07) is 7.49. The lowest BCUT2D eigenvalue weighted by molar-refractivity contribution is -0.213. The van der Waals surface area contributed by atoms with Crippen LogP contribution < -0.4 is 10.4 Å². The Kier molecular flexibility index (Phi) is 5.92. The number of carbonyl (C=O) groups is 1. The van der Waals surface area contributed by atoms with Crippen LogP contribution in [0.2, 0.25) is 0 Å². The number of hydrogen-bond acceptors (Lipinski definition) is 5. The fraction of sp³-hybridized carbons (Fsp3) is 0.545. The van der Waals surface area contributed by atoms with E-state index >= 15 is 0 Å². The second kappa shape index (κ2) is 8.76. The van der Waals surface area contributed by atoms with Crippen LogP contribution in [0.15, 0.2) is 29.3 Å². The average molecular weight is 394 g/mol. The van der Waals surface area contributed by atoms with Crippen molar-refractivity contribution in [3.8, 4) is 5.69 Å². The van der Waals surface area contributed by atoms with E-state index in [0.717, 1.165) is 30.6 Å². The van der Waals surface area contributed by atoms with Gasteiger partial charge in [0.15, 0.2) is 5.69 Å². The average Bonchev–Trinajstić information content (AvgIpc) is 3.46. The molecular formula is C22H28N5O2-. The molecule has 7 heteroatoms. The lowest BCUT2D eigenvalue weighted by Crippen LogP contribution is -2.27. The molecule has 1 aromatic carbocycles. The zero-order valence-corrected chi connectivity index (χ0v) is 16.9. The van der Waals surface area contributed by atoms with Gasteiger partial charge in [0, 0.05) is 12.6 Å². The van der Waals surface area contributed by atoms with Gasteiger partial charge < -0.3 is 15.4 Å². The molecule has 29 heavy (non-hydrogen) atoms. The molecule has 2 fully saturated rings. The van der Waals surface area contributed by atoms with Crippen molar-refractivity contribution in [3.63, 3.8) is 0 Å². The number of rotatable bonds is 7. The van der Waals surface area contributed by atoms with Gasteiger partial charge in [-0.1, -0.05) is 49.5 Å². The molecule has 2 saturated carbocycles. The summed E-state index contributed by atoms with van der Waals surface area (Å²) >= 11 is 0. The maximum Gasteiger partial charge on any atom is 0.273 e. The van der Waals surface area contributed by atoms with Crippen LogP contribution in [-0.2, 0) is 6.42 Å². The number of amides is 1. The van der Waals surface area contributed by atoms with Crippen LogP contribution in [0, 0.1) is 5.92 Å². The summed E-state index contributed by atoms with van der Waals surface area (Å²) in [7, 11) is 0. The minimum absolute atomic E-state index is 0.127. The summed E-state index contributed by atoms with van der Waals surface area (Å²) in [6.45, 7) is 2.31. The van der Waals surface area contributed by atoms with Crippen molar-refractivity contribution in [2.75, 3.05) is 6.54 Å². The Morgan fingerprint density at radius 1 is 1.17 bits per heavy atom. The number of aromatic nitrogens is 3. The van der Waals surface area contributed by atoms with Gasteiger partial charge in [0.1, 0.15) is 0 Å². The minimum atomic E-state index is -0.218. The van der Waals surface area contributed by atoms with Crippen molar-refractivity contribution in [3.05, 3.63) is 41.2 Å². The zero-order chi connectivity index (χ0) is 20.2. The van der Waals surface area contributed by atoms with Gasteiger partial charge in [-0.25, -0.2) is 4.68 Å². The van der Waals surface area contributed by atoms with Gasteiger partial charge >= 0.3 is 0 Å². The molecule has 0 aliphatic heterocycles. The smallest absolute Gasteiger partial charge is 0.273 e. The Labute approximate surface area is 171 Å². The molecule has 0 saturated heterocycles. The Balaban J connectivity index is 1.63. The first-order valence-electron chi connectivity index (χ1n) is 10.7. The second-order valence-electron chi connectivity index (χ2n) is 8.08. The van der Waals surface area contributed by atoms with Crippen molar-refractivity contribution in [2.45, 2.75) is 64.3 Å². The molecule has 2 aromatic rings. The molecule has 1 N–H and O–H groups in total. The first kappa shape index (κ1) is 19.6. The highest BCUT2D eigenvalue weighted by atomic mass is 16.3. The molecule has 1 aromatic heterocycles. The van der Waals surface area contributed by atoms with Crippen LogP contribution >= 0.6 is 0 Å². The molecule has 4 rings (SSSR count). The van der Waals surface area contributed by atoms with Crippen molar-refractivity contribution in [1.29, 1.82) is 0 Å². The summed E-state index contributed by atoms with van der Waals surface area (Å²) in [5.41, 5.74) is 2.66. The van der Waals surface area contributed by atoms with Crippen LogP contribution in [0.3, 0.4) is 0 Å². The van der Waals surface area contributed by atoms with Gasteiger partial charge in [0.05, 0.1) is 11.4 Å². The van der Waals surface area contributed by atoms with E-state index in [2.05, 4.69) is 20.6 Å². The van der Waals surface area contributed by atoms with E-state index < -0.39 is 0 Å². The first-order chi connectivity index (χ1) is 14.2. The van der Waals surface area contributed by atoms with Gasteiger partial charge in [0.25, 0.3) is 5.91 Å². The van der Waals surface area contributed by atoms with Crippen molar-refractivity contribution in [1.82, 2.24) is 20.3 Å². The van der Waals surface area contributed by atoms with Crippen molar-refractivity contribution >= 4 is 11.8 Å². The molecule has 0 unspecified atom stereocenters. The third-order valence-corrected chi connectivity index (χ3v) is 5.76. The summed E-state index contributed by atoms with van der Waals surface area (Å²) in [6.07, 6.45) is 9.02. The Morgan fingerprint density at radius 3 is 2.55 bits per heavy atom. The van der Waals surface area contributed by atoms with E-state index in [1.165, 1.54) is 32.1 Å². The molecule has 0 atom stereocenters. The van der Waals surface area contributed by atoms with Gasteiger partial charge in [-0.05, 0) is 55.7 Å². The molecule has 0 radical (unpaired) electrons. The largest absolute Gasteiger partial charge is 0.858 e. The van der Waals surface area contributed by atoms with Gasteiger partial charge in [-0.2, -0.15) is 0 Å². The van der Waals surface area contributed by atoms with Gasteiger partial charge in [0.2, 0.25) is 0 Å². The highest BCUT2D eigenvalue weighted by molar-refractivity contribution is 5.94.